The van der Waals surface area contributed by atoms with Gasteiger partial charge in [0.1, 0.15) is 0 Å². The molecule has 0 aliphatic carbocycles. The lowest BCUT2D eigenvalue weighted by Gasteiger charge is -2.08. The molecule has 1 unspecified atom stereocenters. The summed E-state index contributed by atoms with van der Waals surface area (Å²) in [4.78, 5) is 1.38. The average molecular weight is 259 g/mol. The molecule has 0 spiro atoms. The topological polar surface area (TPSA) is 20.2 Å². The molecule has 0 radical (unpaired) electrons. The Morgan fingerprint density at radius 1 is 1.54 bits per heavy atom. The first-order valence-corrected chi connectivity index (χ1v) is 6.12. The number of aliphatic hydroxyl groups excluding tert-OH is 1. The average Bonchev–Trinajstić information content (AvgIpc) is 2.49. The molecule has 70 valence electrons. The predicted molar refractivity (Wildman–Crippen MR) is 59.3 cm³/mol. The van der Waals surface area contributed by atoms with Crippen LogP contribution in [0.2, 0.25) is 0 Å². The van der Waals surface area contributed by atoms with Crippen LogP contribution in [-0.4, -0.2) is 17.5 Å². The lowest BCUT2D eigenvalue weighted by atomic mass is 9.99. The van der Waals surface area contributed by atoms with E-state index in [4.69, 9.17) is 5.11 Å². The van der Waals surface area contributed by atoms with Gasteiger partial charge in [-0.15, -0.1) is 11.8 Å². The highest BCUT2D eigenvalue weighted by molar-refractivity contribution is 9.10. The molecule has 1 N–H and O–H groups in total. The second-order valence-electron chi connectivity index (χ2n) is 3.20. The van der Waals surface area contributed by atoms with Crippen molar-refractivity contribution < 1.29 is 5.11 Å². The Hall–Kier alpha value is 0.01000. The minimum atomic E-state index is 0.289. The van der Waals surface area contributed by atoms with Crippen molar-refractivity contribution in [2.75, 3.05) is 12.4 Å². The number of benzene rings is 1. The van der Waals surface area contributed by atoms with Crippen molar-refractivity contribution in [3.63, 3.8) is 0 Å². The van der Waals surface area contributed by atoms with Crippen LogP contribution in [0, 0.1) is 0 Å². The van der Waals surface area contributed by atoms with Crippen LogP contribution < -0.4 is 0 Å². The fourth-order valence-corrected chi connectivity index (χ4v) is 3.31. The van der Waals surface area contributed by atoms with Crippen molar-refractivity contribution in [3.05, 3.63) is 28.2 Å². The second-order valence-corrected chi connectivity index (χ2v) is 5.18. The fourth-order valence-electron chi connectivity index (χ4n) is 1.64. The van der Waals surface area contributed by atoms with Gasteiger partial charge in [-0.05, 0) is 36.1 Å². The van der Waals surface area contributed by atoms with E-state index in [1.54, 1.807) is 0 Å². The molecule has 0 aromatic heterocycles. The Bertz CT molecular complexity index is 312. The van der Waals surface area contributed by atoms with Crippen LogP contribution in [0.4, 0.5) is 0 Å². The van der Waals surface area contributed by atoms with E-state index in [0.717, 1.165) is 16.6 Å². The first-order chi connectivity index (χ1) is 6.31. The smallest absolute Gasteiger partial charge is 0.0437 e. The number of hydrogen-bond acceptors (Lipinski definition) is 2. The largest absolute Gasteiger partial charge is 0.396 e. The lowest BCUT2D eigenvalue weighted by molar-refractivity contribution is 0.279. The first kappa shape index (κ1) is 9.56. The molecule has 1 aliphatic rings. The van der Waals surface area contributed by atoms with Crippen molar-refractivity contribution in [1.29, 1.82) is 0 Å². The molecule has 0 bridgehead atoms. The summed E-state index contributed by atoms with van der Waals surface area (Å²) in [6.45, 7) is 0.289. The number of aliphatic hydroxyl groups is 1. The van der Waals surface area contributed by atoms with Gasteiger partial charge in [0.05, 0.1) is 0 Å². The number of hydrogen-bond donors (Lipinski definition) is 1. The van der Waals surface area contributed by atoms with Crippen LogP contribution in [0.1, 0.15) is 17.9 Å². The molecular formula is C10H11BrOS. The van der Waals surface area contributed by atoms with E-state index < -0.39 is 0 Å². The molecule has 0 saturated heterocycles. The maximum absolute atomic E-state index is 8.90. The van der Waals surface area contributed by atoms with Crippen molar-refractivity contribution in [1.82, 2.24) is 0 Å². The SMILES string of the molecule is OCCC1CSc2ccc(Br)cc21. The van der Waals surface area contributed by atoms with Gasteiger partial charge in [-0.25, -0.2) is 0 Å². The first-order valence-electron chi connectivity index (χ1n) is 4.34. The van der Waals surface area contributed by atoms with Gasteiger partial charge in [-0.2, -0.15) is 0 Å². The zero-order valence-corrected chi connectivity index (χ0v) is 9.57. The Kier molecular flexibility index (Phi) is 2.96. The summed E-state index contributed by atoms with van der Waals surface area (Å²) < 4.78 is 1.14. The van der Waals surface area contributed by atoms with Crippen molar-refractivity contribution in [2.45, 2.75) is 17.2 Å². The third kappa shape index (κ3) is 1.92. The number of fused-ring (bicyclic) bond motifs is 1. The summed E-state index contributed by atoms with van der Waals surface area (Å²) in [6.07, 6.45) is 0.885. The van der Waals surface area contributed by atoms with Crippen LogP contribution in [0.25, 0.3) is 0 Å². The number of rotatable bonds is 2. The lowest BCUT2D eigenvalue weighted by Crippen LogP contribution is -1.99. The molecule has 13 heavy (non-hydrogen) atoms. The Morgan fingerprint density at radius 3 is 3.15 bits per heavy atom. The van der Waals surface area contributed by atoms with Gasteiger partial charge >= 0.3 is 0 Å². The quantitative estimate of drug-likeness (QED) is 0.881. The van der Waals surface area contributed by atoms with Gasteiger partial charge in [0, 0.05) is 21.7 Å². The number of halogens is 1. The highest BCUT2D eigenvalue weighted by Crippen LogP contribution is 2.42. The summed E-state index contributed by atoms with van der Waals surface area (Å²) >= 11 is 5.36. The monoisotopic (exact) mass is 258 g/mol. The summed E-state index contributed by atoms with van der Waals surface area (Å²) in [5, 5.41) is 8.90. The molecule has 0 fully saturated rings. The molecule has 1 aromatic carbocycles. The maximum Gasteiger partial charge on any atom is 0.0437 e. The molecular weight excluding hydrogens is 248 g/mol. The minimum absolute atomic E-state index is 0.289. The zero-order valence-electron chi connectivity index (χ0n) is 7.16. The molecule has 3 heteroatoms. The number of thioether (sulfide) groups is 1. The molecule has 1 heterocycles. The van der Waals surface area contributed by atoms with Crippen LogP contribution in [0.3, 0.4) is 0 Å². The Balaban J connectivity index is 2.29. The van der Waals surface area contributed by atoms with E-state index in [1.165, 1.54) is 10.5 Å². The van der Waals surface area contributed by atoms with Crippen LogP contribution in [-0.2, 0) is 0 Å². The van der Waals surface area contributed by atoms with Crippen molar-refractivity contribution in [2.24, 2.45) is 0 Å². The fraction of sp³-hybridized carbons (Fsp3) is 0.400. The van der Waals surface area contributed by atoms with Gasteiger partial charge in [0.2, 0.25) is 0 Å². The molecule has 0 amide bonds. The third-order valence-electron chi connectivity index (χ3n) is 2.33. The Labute approximate surface area is 90.7 Å². The van der Waals surface area contributed by atoms with E-state index in [1.807, 2.05) is 11.8 Å². The van der Waals surface area contributed by atoms with Crippen LogP contribution in [0.15, 0.2) is 27.6 Å². The standard InChI is InChI=1S/C10H11BrOS/c11-8-1-2-10-9(5-8)7(3-4-12)6-13-10/h1-2,5,7,12H,3-4,6H2. The normalized spacial score (nSPS) is 20.3. The summed E-state index contributed by atoms with van der Waals surface area (Å²) in [5.41, 5.74) is 1.40. The summed E-state index contributed by atoms with van der Waals surface area (Å²) in [6, 6.07) is 6.41. The van der Waals surface area contributed by atoms with Gasteiger partial charge in [0.25, 0.3) is 0 Å². The molecule has 0 saturated carbocycles. The van der Waals surface area contributed by atoms with E-state index in [0.29, 0.717) is 5.92 Å². The van der Waals surface area contributed by atoms with Gasteiger partial charge < -0.3 is 5.11 Å². The van der Waals surface area contributed by atoms with E-state index >= 15 is 0 Å². The molecule has 1 atom stereocenters. The minimum Gasteiger partial charge on any atom is -0.396 e. The van der Waals surface area contributed by atoms with Gasteiger partial charge in [0.15, 0.2) is 0 Å². The van der Waals surface area contributed by atoms with Crippen molar-refractivity contribution >= 4 is 27.7 Å². The highest BCUT2D eigenvalue weighted by Gasteiger charge is 2.22. The van der Waals surface area contributed by atoms with Gasteiger partial charge in [-0.1, -0.05) is 15.9 Å². The second kappa shape index (κ2) is 4.03. The predicted octanol–water partition coefficient (Wildman–Crippen LogP) is 3.02. The van der Waals surface area contributed by atoms with E-state index in [2.05, 4.69) is 34.1 Å². The highest BCUT2D eigenvalue weighted by atomic mass is 79.9. The van der Waals surface area contributed by atoms with Crippen LogP contribution >= 0.6 is 27.7 Å². The molecule has 2 rings (SSSR count). The Morgan fingerprint density at radius 2 is 2.38 bits per heavy atom. The van der Waals surface area contributed by atoms with E-state index in [-0.39, 0.29) is 6.61 Å². The maximum atomic E-state index is 8.90. The zero-order chi connectivity index (χ0) is 9.26. The summed E-state index contributed by atoms with van der Waals surface area (Å²) in [5.74, 6) is 1.66. The third-order valence-corrected chi connectivity index (χ3v) is 4.07. The van der Waals surface area contributed by atoms with Crippen molar-refractivity contribution in [3.8, 4) is 0 Å². The van der Waals surface area contributed by atoms with Crippen LogP contribution in [0.5, 0.6) is 0 Å². The summed E-state index contributed by atoms with van der Waals surface area (Å²) in [7, 11) is 0. The molecule has 1 aliphatic heterocycles. The molecule has 1 nitrogen and oxygen atoms in total. The van der Waals surface area contributed by atoms with Gasteiger partial charge in [-0.3, -0.25) is 0 Å². The van der Waals surface area contributed by atoms with E-state index in [9.17, 15) is 0 Å². The molecule has 1 aromatic rings.